The number of imidazole rings is 1. The Balaban J connectivity index is 1.54. The molecule has 2 aromatic heterocycles. The van der Waals surface area contributed by atoms with Crippen LogP contribution < -0.4 is 5.32 Å². The van der Waals surface area contributed by atoms with Gasteiger partial charge in [-0.25, -0.2) is 18.4 Å². The predicted octanol–water partition coefficient (Wildman–Crippen LogP) is 2.26. The quantitative estimate of drug-likeness (QED) is 0.587. The lowest BCUT2D eigenvalue weighted by atomic mass is 9.88. The van der Waals surface area contributed by atoms with Crippen LogP contribution in [0.15, 0.2) is 66.2 Å². The molecular weight excluding hydrogens is 426 g/mol. The minimum atomic E-state index is -3.66. The summed E-state index contributed by atoms with van der Waals surface area (Å²) >= 11 is 6.06. The van der Waals surface area contributed by atoms with Crippen molar-refractivity contribution in [3.63, 3.8) is 0 Å². The lowest BCUT2D eigenvalue weighted by Gasteiger charge is -2.42. The maximum atomic E-state index is 12.8. The van der Waals surface area contributed by atoms with Gasteiger partial charge in [0.2, 0.25) is 0 Å². The van der Waals surface area contributed by atoms with E-state index < -0.39 is 10.0 Å². The summed E-state index contributed by atoms with van der Waals surface area (Å²) in [6.45, 7) is 0.555. The molecule has 156 valence electrons. The fourth-order valence-corrected chi connectivity index (χ4v) is 5.16. The Kier molecular flexibility index (Phi) is 5.59. The molecule has 0 spiro atoms. The first kappa shape index (κ1) is 20.5. The Morgan fingerprint density at radius 2 is 1.90 bits per heavy atom. The van der Waals surface area contributed by atoms with Crippen molar-refractivity contribution >= 4 is 27.5 Å². The largest absolute Gasteiger partial charge is 0.345 e. The van der Waals surface area contributed by atoms with Crippen LogP contribution in [0.25, 0.3) is 0 Å². The normalized spacial score (nSPS) is 16.1. The Labute approximate surface area is 179 Å². The van der Waals surface area contributed by atoms with Crippen molar-refractivity contribution < 1.29 is 13.2 Å². The van der Waals surface area contributed by atoms with Crippen LogP contribution in [0.5, 0.6) is 0 Å². The second-order valence-electron chi connectivity index (χ2n) is 7.16. The van der Waals surface area contributed by atoms with E-state index in [-0.39, 0.29) is 46.7 Å². The minimum Gasteiger partial charge on any atom is -0.345 e. The number of aryl methyl sites for hydroxylation is 1. The van der Waals surface area contributed by atoms with Crippen LogP contribution in [0, 0.1) is 5.92 Å². The second-order valence-corrected chi connectivity index (χ2v) is 9.41. The van der Waals surface area contributed by atoms with Gasteiger partial charge in [-0.05, 0) is 17.7 Å². The molecule has 1 N–H and O–H groups in total. The van der Waals surface area contributed by atoms with Crippen LogP contribution in [0.1, 0.15) is 22.0 Å². The van der Waals surface area contributed by atoms with E-state index in [1.54, 1.807) is 23.7 Å². The molecule has 1 aliphatic heterocycles. The topological polar surface area (TPSA) is 97.2 Å². The summed E-state index contributed by atoms with van der Waals surface area (Å²) in [6.07, 6.45) is 4.44. The fraction of sp³-hybridized carbons (Fsp3) is 0.250. The highest BCUT2D eigenvalue weighted by Crippen LogP contribution is 2.33. The smallest absolute Gasteiger partial charge is 0.262 e. The van der Waals surface area contributed by atoms with Crippen molar-refractivity contribution in [1.82, 2.24) is 24.2 Å². The molecule has 0 bridgehead atoms. The van der Waals surface area contributed by atoms with E-state index in [0.29, 0.717) is 0 Å². The fourth-order valence-electron chi connectivity index (χ4n) is 3.44. The Hall–Kier alpha value is -2.75. The summed E-state index contributed by atoms with van der Waals surface area (Å²) in [6, 6.07) is 12.3. The van der Waals surface area contributed by atoms with Crippen molar-refractivity contribution in [2.24, 2.45) is 13.0 Å². The molecule has 1 aliphatic rings. The van der Waals surface area contributed by atoms with Crippen molar-refractivity contribution in [3.8, 4) is 0 Å². The molecule has 1 aromatic carbocycles. The molecule has 0 radical (unpaired) electrons. The third-order valence-electron chi connectivity index (χ3n) is 5.08. The Morgan fingerprint density at radius 1 is 1.17 bits per heavy atom. The van der Waals surface area contributed by atoms with E-state index in [0.717, 1.165) is 5.56 Å². The van der Waals surface area contributed by atoms with Gasteiger partial charge in [0.05, 0.1) is 17.9 Å². The summed E-state index contributed by atoms with van der Waals surface area (Å²) < 4.78 is 28.5. The number of hydrogen-bond acceptors (Lipinski definition) is 5. The summed E-state index contributed by atoms with van der Waals surface area (Å²) in [4.78, 5) is 20.7. The van der Waals surface area contributed by atoms with Gasteiger partial charge >= 0.3 is 0 Å². The van der Waals surface area contributed by atoms with Crippen molar-refractivity contribution in [3.05, 3.63) is 77.5 Å². The first-order valence-corrected chi connectivity index (χ1v) is 11.1. The number of pyridine rings is 1. The van der Waals surface area contributed by atoms with Crippen LogP contribution >= 0.6 is 11.6 Å². The van der Waals surface area contributed by atoms with Gasteiger partial charge in [-0.3, -0.25) is 4.79 Å². The number of sulfonamides is 1. The Morgan fingerprint density at radius 3 is 2.53 bits per heavy atom. The third-order valence-corrected chi connectivity index (χ3v) is 7.10. The monoisotopic (exact) mass is 445 g/mol. The number of halogens is 1. The molecule has 1 unspecified atom stereocenters. The lowest BCUT2D eigenvalue weighted by Crippen LogP contribution is -2.54. The predicted molar refractivity (Wildman–Crippen MR) is 111 cm³/mol. The zero-order valence-electron chi connectivity index (χ0n) is 16.1. The van der Waals surface area contributed by atoms with Crippen LogP contribution in [-0.4, -0.2) is 46.3 Å². The van der Waals surface area contributed by atoms with Crippen LogP contribution in [-0.2, 0) is 17.1 Å². The minimum absolute atomic E-state index is 0.0193. The summed E-state index contributed by atoms with van der Waals surface area (Å²) in [5.41, 5.74) is 1.17. The SMILES string of the molecule is Cn1cnc(S(=O)(=O)N2CC(C(NC(=O)c3cccnc3Cl)c3ccccc3)C2)c1. The number of carbonyl (C=O) groups is 1. The van der Waals surface area contributed by atoms with Gasteiger partial charge in [0.15, 0.2) is 5.03 Å². The van der Waals surface area contributed by atoms with Gasteiger partial charge in [-0.15, -0.1) is 0 Å². The average Bonchev–Trinajstić information content (AvgIpc) is 3.14. The van der Waals surface area contributed by atoms with Gasteiger partial charge in [0.25, 0.3) is 15.9 Å². The van der Waals surface area contributed by atoms with Crippen molar-refractivity contribution in [2.75, 3.05) is 13.1 Å². The average molecular weight is 446 g/mol. The molecule has 1 saturated heterocycles. The van der Waals surface area contributed by atoms with Crippen LogP contribution in [0.2, 0.25) is 5.15 Å². The van der Waals surface area contributed by atoms with Gasteiger partial charge in [-0.2, -0.15) is 4.31 Å². The molecule has 10 heteroatoms. The Bertz CT molecular complexity index is 1160. The number of rotatable bonds is 6. The van der Waals surface area contributed by atoms with Crippen molar-refractivity contribution in [1.29, 1.82) is 0 Å². The molecule has 1 fully saturated rings. The van der Waals surface area contributed by atoms with E-state index in [1.165, 1.54) is 23.0 Å². The maximum Gasteiger partial charge on any atom is 0.262 e. The molecule has 4 rings (SSSR count). The second kappa shape index (κ2) is 8.17. The number of nitrogens with one attached hydrogen (secondary N) is 1. The number of nitrogens with zero attached hydrogens (tertiary/aromatic N) is 4. The van der Waals surface area contributed by atoms with E-state index in [9.17, 15) is 13.2 Å². The van der Waals surface area contributed by atoms with E-state index in [1.807, 2.05) is 30.3 Å². The number of aromatic nitrogens is 3. The molecule has 3 aromatic rings. The van der Waals surface area contributed by atoms with Gasteiger partial charge in [0.1, 0.15) is 5.15 Å². The molecule has 1 atom stereocenters. The standard InChI is InChI=1S/C20H20ClN5O3S/c1-25-12-17(23-13-25)30(28,29)26-10-15(11-26)18(14-6-3-2-4-7-14)24-20(27)16-8-5-9-22-19(16)21/h2-9,12-13,15,18H,10-11H2,1H3,(H,24,27). The molecule has 30 heavy (non-hydrogen) atoms. The molecule has 0 aliphatic carbocycles. The highest BCUT2D eigenvalue weighted by molar-refractivity contribution is 7.89. The highest BCUT2D eigenvalue weighted by Gasteiger charge is 2.42. The van der Waals surface area contributed by atoms with Crippen LogP contribution in [0.4, 0.5) is 0 Å². The maximum absolute atomic E-state index is 12.8. The molecular formula is C20H20ClN5O3S. The van der Waals surface area contributed by atoms with E-state index in [2.05, 4.69) is 15.3 Å². The lowest BCUT2D eigenvalue weighted by molar-refractivity contribution is 0.0871. The molecule has 0 saturated carbocycles. The summed E-state index contributed by atoms with van der Waals surface area (Å²) in [5.74, 6) is -0.446. The number of carbonyl (C=O) groups excluding carboxylic acids is 1. The molecule has 8 nitrogen and oxygen atoms in total. The molecule has 3 heterocycles. The summed E-state index contributed by atoms with van der Waals surface area (Å²) in [5, 5.41) is 3.14. The van der Waals surface area contributed by atoms with Crippen LogP contribution in [0.3, 0.4) is 0 Å². The van der Waals surface area contributed by atoms with E-state index >= 15 is 0 Å². The highest BCUT2D eigenvalue weighted by atomic mass is 35.5. The first-order chi connectivity index (χ1) is 14.4. The van der Waals surface area contributed by atoms with Gasteiger partial charge < -0.3 is 9.88 Å². The zero-order chi connectivity index (χ0) is 21.3. The number of benzene rings is 1. The number of hydrogen-bond donors (Lipinski definition) is 1. The van der Waals surface area contributed by atoms with Crippen molar-refractivity contribution in [2.45, 2.75) is 11.1 Å². The zero-order valence-corrected chi connectivity index (χ0v) is 17.7. The number of amides is 1. The van der Waals surface area contributed by atoms with Gasteiger partial charge in [0, 0.05) is 38.4 Å². The first-order valence-electron chi connectivity index (χ1n) is 9.30. The molecule has 1 amide bonds. The summed E-state index contributed by atoms with van der Waals surface area (Å²) in [7, 11) is -1.94. The third kappa shape index (κ3) is 3.96. The van der Waals surface area contributed by atoms with E-state index in [4.69, 9.17) is 11.6 Å². The van der Waals surface area contributed by atoms with Gasteiger partial charge in [-0.1, -0.05) is 41.9 Å².